The molecular formula is C20H21N3O2S. The van der Waals surface area contributed by atoms with Gasteiger partial charge in [0, 0.05) is 30.4 Å². The zero-order chi connectivity index (χ0) is 18.5. The van der Waals surface area contributed by atoms with Crippen molar-refractivity contribution in [1.82, 2.24) is 14.9 Å². The maximum absolute atomic E-state index is 12.5. The van der Waals surface area contributed by atoms with Crippen LogP contribution in [-0.4, -0.2) is 22.6 Å². The van der Waals surface area contributed by atoms with E-state index in [1.165, 1.54) is 0 Å². The molecule has 0 saturated carbocycles. The fourth-order valence-corrected chi connectivity index (χ4v) is 3.46. The van der Waals surface area contributed by atoms with E-state index < -0.39 is 0 Å². The molecule has 0 aliphatic carbocycles. The van der Waals surface area contributed by atoms with Gasteiger partial charge in [0.1, 0.15) is 17.6 Å². The van der Waals surface area contributed by atoms with Gasteiger partial charge in [-0.1, -0.05) is 12.1 Å². The third-order valence-corrected chi connectivity index (χ3v) is 5.12. The number of aryl methyl sites for hydroxylation is 2. The number of hydrogen-bond donors (Lipinski definition) is 1. The minimum Gasteiger partial charge on any atom is -0.497 e. The number of imidazole rings is 1. The average molecular weight is 367 g/mol. The lowest BCUT2D eigenvalue weighted by atomic mass is 10.1. The topological polar surface area (TPSA) is 56.1 Å². The van der Waals surface area contributed by atoms with Gasteiger partial charge in [0.25, 0.3) is 0 Å². The SMILES string of the molecule is COc1ccc(C(NC(=O)/C=C/c2sccc2C)c2nccn2C)cc1. The van der Waals surface area contributed by atoms with Crippen molar-refractivity contribution >= 4 is 23.3 Å². The molecule has 2 aromatic heterocycles. The van der Waals surface area contributed by atoms with Gasteiger partial charge in [-0.25, -0.2) is 4.98 Å². The molecule has 2 heterocycles. The Hall–Kier alpha value is -2.86. The number of aromatic nitrogens is 2. The van der Waals surface area contributed by atoms with Crippen molar-refractivity contribution in [1.29, 1.82) is 0 Å². The summed E-state index contributed by atoms with van der Waals surface area (Å²) in [5.41, 5.74) is 2.10. The Labute approximate surface area is 157 Å². The lowest BCUT2D eigenvalue weighted by Gasteiger charge is -2.18. The second kappa shape index (κ2) is 8.01. The standard InChI is InChI=1S/C20H21N3O2S/c1-14-10-13-26-17(14)8-9-18(24)22-19(20-21-11-12-23(20)2)15-4-6-16(25-3)7-5-15/h4-13,19H,1-3H3,(H,22,24)/b9-8+. The molecule has 6 heteroatoms. The van der Waals surface area contributed by atoms with Gasteiger partial charge in [0.2, 0.25) is 5.91 Å². The van der Waals surface area contributed by atoms with Gasteiger partial charge in [-0.3, -0.25) is 4.79 Å². The highest BCUT2D eigenvalue weighted by Crippen LogP contribution is 2.23. The fraction of sp³-hybridized carbons (Fsp3) is 0.200. The molecule has 134 valence electrons. The highest BCUT2D eigenvalue weighted by atomic mass is 32.1. The average Bonchev–Trinajstić information content (AvgIpc) is 3.26. The normalized spacial score (nSPS) is 12.3. The van der Waals surface area contributed by atoms with Gasteiger partial charge in [0.05, 0.1) is 7.11 Å². The van der Waals surface area contributed by atoms with Crippen molar-refractivity contribution in [2.24, 2.45) is 7.05 Å². The monoisotopic (exact) mass is 367 g/mol. The van der Waals surface area contributed by atoms with Gasteiger partial charge >= 0.3 is 0 Å². The minimum absolute atomic E-state index is 0.165. The van der Waals surface area contributed by atoms with Crippen molar-refractivity contribution in [2.45, 2.75) is 13.0 Å². The summed E-state index contributed by atoms with van der Waals surface area (Å²) in [7, 11) is 3.54. The van der Waals surface area contributed by atoms with Crippen LogP contribution in [0.25, 0.3) is 6.08 Å². The van der Waals surface area contributed by atoms with E-state index in [9.17, 15) is 4.79 Å². The van der Waals surface area contributed by atoms with Crippen LogP contribution in [0.5, 0.6) is 5.75 Å². The quantitative estimate of drug-likeness (QED) is 0.676. The first-order valence-electron chi connectivity index (χ1n) is 8.22. The third-order valence-electron chi connectivity index (χ3n) is 4.14. The maximum atomic E-state index is 12.5. The van der Waals surface area contributed by atoms with E-state index >= 15 is 0 Å². The van der Waals surface area contributed by atoms with E-state index in [0.717, 1.165) is 27.6 Å². The van der Waals surface area contributed by atoms with Gasteiger partial charge in [0.15, 0.2) is 0 Å². The number of rotatable bonds is 6. The first-order chi connectivity index (χ1) is 12.6. The molecule has 3 aromatic rings. The minimum atomic E-state index is -0.345. The van der Waals surface area contributed by atoms with Crippen molar-refractivity contribution in [3.05, 3.63) is 76.0 Å². The number of nitrogens with one attached hydrogen (secondary N) is 1. The van der Waals surface area contributed by atoms with Crippen molar-refractivity contribution in [3.63, 3.8) is 0 Å². The molecule has 1 atom stereocenters. The molecular weight excluding hydrogens is 346 g/mol. The van der Waals surface area contributed by atoms with Crippen LogP contribution in [-0.2, 0) is 11.8 Å². The largest absolute Gasteiger partial charge is 0.497 e. The molecule has 1 N–H and O–H groups in total. The lowest BCUT2D eigenvalue weighted by molar-refractivity contribution is -0.117. The molecule has 0 bridgehead atoms. The molecule has 1 unspecified atom stereocenters. The Bertz CT molecular complexity index is 909. The van der Waals surface area contributed by atoms with Crippen LogP contribution in [0.4, 0.5) is 0 Å². The molecule has 0 saturated heterocycles. The lowest BCUT2D eigenvalue weighted by Crippen LogP contribution is -2.29. The van der Waals surface area contributed by atoms with Crippen molar-refractivity contribution in [2.75, 3.05) is 7.11 Å². The number of ether oxygens (including phenoxy) is 1. The van der Waals surface area contributed by atoms with Crippen LogP contribution in [0.1, 0.15) is 27.9 Å². The Morgan fingerprint density at radius 1 is 1.31 bits per heavy atom. The summed E-state index contributed by atoms with van der Waals surface area (Å²) in [4.78, 5) is 18.0. The molecule has 26 heavy (non-hydrogen) atoms. The molecule has 3 rings (SSSR count). The molecule has 0 spiro atoms. The summed E-state index contributed by atoms with van der Waals surface area (Å²) in [6.07, 6.45) is 7.00. The summed E-state index contributed by atoms with van der Waals surface area (Å²) in [5, 5.41) is 5.07. The van der Waals surface area contributed by atoms with Crippen LogP contribution < -0.4 is 10.1 Å². The van der Waals surface area contributed by atoms with Gasteiger partial charge < -0.3 is 14.6 Å². The van der Waals surface area contributed by atoms with E-state index in [1.807, 2.05) is 66.5 Å². The number of thiophene rings is 1. The Balaban J connectivity index is 1.84. The van der Waals surface area contributed by atoms with Crippen molar-refractivity contribution in [3.8, 4) is 5.75 Å². The highest BCUT2D eigenvalue weighted by molar-refractivity contribution is 7.11. The van der Waals surface area contributed by atoms with Crippen molar-refractivity contribution < 1.29 is 9.53 Å². The van der Waals surface area contributed by atoms with E-state index in [4.69, 9.17) is 4.74 Å². The van der Waals surface area contributed by atoms with E-state index in [-0.39, 0.29) is 11.9 Å². The predicted molar refractivity (Wildman–Crippen MR) is 104 cm³/mol. The summed E-state index contributed by atoms with van der Waals surface area (Å²) in [6, 6.07) is 9.32. The van der Waals surface area contributed by atoms with Crippen LogP contribution in [0.15, 0.2) is 54.2 Å². The zero-order valence-corrected chi connectivity index (χ0v) is 15.8. The van der Waals surface area contributed by atoms with E-state index in [2.05, 4.69) is 10.3 Å². The number of methoxy groups -OCH3 is 1. The van der Waals surface area contributed by atoms with Crippen LogP contribution in [0.2, 0.25) is 0 Å². The second-order valence-electron chi connectivity index (χ2n) is 5.91. The third kappa shape index (κ3) is 4.03. The highest BCUT2D eigenvalue weighted by Gasteiger charge is 2.20. The Morgan fingerprint density at radius 2 is 2.08 bits per heavy atom. The summed E-state index contributed by atoms with van der Waals surface area (Å²) in [6.45, 7) is 2.03. The van der Waals surface area contributed by atoms with Gasteiger partial charge in [-0.15, -0.1) is 11.3 Å². The van der Waals surface area contributed by atoms with Crippen LogP contribution >= 0.6 is 11.3 Å². The number of carbonyl (C=O) groups is 1. The summed E-state index contributed by atoms with van der Waals surface area (Å²) in [5.74, 6) is 1.37. The Kier molecular flexibility index (Phi) is 5.53. The maximum Gasteiger partial charge on any atom is 0.244 e. The second-order valence-corrected chi connectivity index (χ2v) is 6.86. The number of nitrogens with zero attached hydrogens (tertiary/aromatic N) is 2. The number of benzene rings is 1. The number of amides is 1. The number of carbonyl (C=O) groups excluding carboxylic acids is 1. The van der Waals surface area contributed by atoms with E-state index in [1.54, 1.807) is 30.7 Å². The number of hydrogen-bond acceptors (Lipinski definition) is 4. The van der Waals surface area contributed by atoms with Gasteiger partial charge in [-0.2, -0.15) is 0 Å². The van der Waals surface area contributed by atoms with E-state index in [0.29, 0.717) is 0 Å². The Morgan fingerprint density at radius 3 is 2.65 bits per heavy atom. The summed E-state index contributed by atoms with van der Waals surface area (Å²) >= 11 is 1.61. The summed E-state index contributed by atoms with van der Waals surface area (Å²) < 4.78 is 7.12. The smallest absolute Gasteiger partial charge is 0.244 e. The fourth-order valence-electron chi connectivity index (χ4n) is 2.65. The molecule has 0 aliphatic heterocycles. The molecule has 0 aliphatic rings. The molecule has 1 aromatic carbocycles. The molecule has 0 fully saturated rings. The predicted octanol–water partition coefficient (Wildman–Crippen LogP) is 3.72. The van der Waals surface area contributed by atoms with Crippen LogP contribution in [0.3, 0.4) is 0 Å². The first kappa shape index (κ1) is 17.9. The van der Waals surface area contributed by atoms with Crippen LogP contribution in [0, 0.1) is 6.92 Å². The zero-order valence-electron chi connectivity index (χ0n) is 15.0. The van der Waals surface area contributed by atoms with Gasteiger partial charge in [-0.05, 0) is 47.7 Å². The first-order valence-corrected chi connectivity index (χ1v) is 9.10. The molecule has 1 amide bonds. The molecule has 5 nitrogen and oxygen atoms in total. The molecule has 0 radical (unpaired) electrons.